The normalized spacial score (nSPS) is 14.2. The van der Waals surface area contributed by atoms with E-state index in [9.17, 15) is 4.39 Å². The molecule has 0 aliphatic carbocycles. The number of nitrogens with zero attached hydrogens (tertiary/aromatic N) is 4. The summed E-state index contributed by atoms with van der Waals surface area (Å²) in [5, 5.41) is 3.40. The van der Waals surface area contributed by atoms with E-state index in [0.717, 1.165) is 64.8 Å². The molecule has 0 unspecified atom stereocenters. The maximum atomic E-state index is 13.3. The van der Waals surface area contributed by atoms with Crippen molar-refractivity contribution in [3.8, 4) is 16.9 Å². The monoisotopic (exact) mass is 468 g/mol. The first-order valence-corrected chi connectivity index (χ1v) is 11.8. The van der Waals surface area contributed by atoms with Gasteiger partial charge in [-0.25, -0.2) is 9.37 Å². The number of rotatable bonds is 5. The maximum Gasteiger partial charge on any atom is 0.225 e. The summed E-state index contributed by atoms with van der Waals surface area (Å²) in [6.07, 6.45) is 0. The number of halogens is 2. The first-order valence-electron chi connectivity index (χ1n) is 10.6. The fraction of sp³-hybridized carbons (Fsp3) is 0.250. The van der Waals surface area contributed by atoms with Crippen molar-refractivity contribution < 1.29 is 9.13 Å². The summed E-state index contributed by atoms with van der Waals surface area (Å²) in [6.45, 7) is 5.83. The summed E-state index contributed by atoms with van der Waals surface area (Å²) in [7, 11) is 0. The molecule has 0 bridgehead atoms. The van der Waals surface area contributed by atoms with Gasteiger partial charge in [0, 0.05) is 42.8 Å². The molecule has 0 amide bonds. The van der Waals surface area contributed by atoms with E-state index in [1.807, 2.05) is 31.2 Å². The molecule has 8 heteroatoms. The van der Waals surface area contributed by atoms with E-state index in [1.54, 1.807) is 11.3 Å². The van der Waals surface area contributed by atoms with Gasteiger partial charge in [0.2, 0.25) is 5.28 Å². The van der Waals surface area contributed by atoms with Gasteiger partial charge in [-0.2, -0.15) is 4.98 Å². The largest absolute Gasteiger partial charge is 0.494 e. The Bertz CT molecular complexity index is 1220. The molecule has 0 radical (unpaired) electrons. The van der Waals surface area contributed by atoms with Crippen molar-refractivity contribution in [3.63, 3.8) is 0 Å². The van der Waals surface area contributed by atoms with Gasteiger partial charge in [-0.3, -0.25) is 0 Å². The highest BCUT2D eigenvalue weighted by atomic mass is 35.5. The van der Waals surface area contributed by atoms with E-state index >= 15 is 0 Å². The molecule has 0 atom stereocenters. The molecule has 164 valence electrons. The van der Waals surface area contributed by atoms with Crippen molar-refractivity contribution in [3.05, 3.63) is 65.0 Å². The number of anilines is 2. The zero-order chi connectivity index (χ0) is 22.1. The number of aromatic nitrogens is 2. The van der Waals surface area contributed by atoms with E-state index < -0.39 is 0 Å². The van der Waals surface area contributed by atoms with Crippen molar-refractivity contribution >= 4 is 44.7 Å². The highest BCUT2D eigenvalue weighted by Crippen LogP contribution is 2.39. The van der Waals surface area contributed by atoms with Crippen LogP contribution in [0.15, 0.2) is 53.9 Å². The quantitative estimate of drug-likeness (QED) is 0.342. The van der Waals surface area contributed by atoms with E-state index in [2.05, 4.69) is 37.3 Å². The second-order valence-corrected chi connectivity index (χ2v) is 8.75. The molecule has 0 N–H and O–H groups in total. The fourth-order valence-electron chi connectivity index (χ4n) is 4.07. The first kappa shape index (κ1) is 21.0. The summed E-state index contributed by atoms with van der Waals surface area (Å²) in [5.41, 5.74) is 3.22. The predicted molar refractivity (Wildman–Crippen MR) is 130 cm³/mol. The summed E-state index contributed by atoms with van der Waals surface area (Å²) >= 11 is 7.86. The molecule has 0 saturated carbocycles. The van der Waals surface area contributed by atoms with E-state index in [0.29, 0.717) is 6.61 Å². The van der Waals surface area contributed by atoms with E-state index in [-0.39, 0.29) is 11.1 Å². The van der Waals surface area contributed by atoms with Gasteiger partial charge in [-0.1, -0.05) is 12.1 Å². The number of hydrogen-bond donors (Lipinski definition) is 0. The van der Waals surface area contributed by atoms with Gasteiger partial charge in [-0.15, -0.1) is 11.3 Å². The Labute approximate surface area is 195 Å². The summed E-state index contributed by atoms with van der Waals surface area (Å²) in [6, 6.07) is 14.8. The van der Waals surface area contributed by atoms with Crippen LogP contribution in [0, 0.1) is 5.82 Å². The van der Waals surface area contributed by atoms with Crippen LogP contribution in [0.25, 0.3) is 21.3 Å². The maximum absolute atomic E-state index is 13.3. The average molecular weight is 469 g/mol. The topological polar surface area (TPSA) is 41.5 Å². The lowest BCUT2D eigenvalue weighted by Gasteiger charge is -2.37. The Morgan fingerprint density at radius 1 is 0.969 bits per heavy atom. The van der Waals surface area contributed by atoms with E-state index in [1.165, 1.54) is 12.1 Å². The molecule has 0 spiro atoms. The molecule has 5 nitrogen and oxygen atoms in total. The molecule has 1 aliphatic rings. The van der Waals surface area contributed by atoms with Crippen LogP contribution < -0.4 is 14.5 Å². The average Bonchev–Trinajstić information content (AvgIpc) is 3.24. The third kappa shape index (κ3) is 4.10. The zero-order valence-electron chi connectivity index (χ0n) is 17.6. The molecular formula is C24H22ClFN4OS. The Morgan fingerprint density at radius 3 is 2.34 bits per heavy atom. The minimum atomic E-state index is -0.218. The Hall–Kier alpha value is -2.90. The van der Waals surface area contributed by atoms with Crippen molar-refractivity contribution in [2.45, 2.75) is 6.92 Å². The van der Waals surface area contributed by atoms with Crippen molar-refractivity contribution in [1.29, 1.82) is 0 Å². The van der Waals surface area contributed by atoms with Crippen molar-refractivity contribution in [2.24, 2.45) is 0 Å². The van der Waals surface area contributed by atoms with Gasteiger partial charge in [0.05, 0.1) is 12.0 Å². The highest BCUT2D eigenvalue weighted by Gasteiger charge is 2.23. The summed E-state index contributed by atoms with van der Waals surface area (Å²) < 4.78 is 18.9. The molecule has 4 aromatic rings. The van der Waals surface area contributed by atoms with Crippen LogP contribution in [0.5, 0.6) is 5.75 Å². The summed E-state index contributed by atoms with van der Waals surface area (Å²) in [5.74, 6) is 1.50. The van der Waals surface area contributed by atoms with Gasteiger partial charge >= 0.3 is 0 Å². The molecule has 2 aromatic carbocycles. The molecule has 2 aromatic heterocycles. The third-order valence-electron chi connectivity index (χ3n) is 5.63. The smallest absolute Gasteiger partial charge is 0.225 e. The van der Waals surface area contributed by atoms with Crippen LogP contribution in [0.2, 0.25) is 5.28 Å². The second kappa shape index (κ2) is 8.92. The van der Waals surface area contributed by atoms with Gasteiger partial charge in [0.15, 0.2) is 0 Å². The van der Waals surface area contributed by atoms with Crippen LogP contribution in [0.3, 0.4) is 0 Å². The lowest BCUT2D eigenvalue weighted by atomic mass is 10.1. The Kier molecular flexibility index (Phi) is 5.85. The molecular weight excluding hydrogens is 447 g/mol. The molecule has 1 aliphatic heterocycles. The second-order valence-electron chi connectivity index (χ2n) is 7.55. The van der Waals surface area contributed by atoms with Gasteiger partial charge < -0.3 is 14.5 Å². The summed E-state index contributed by atoms with van der Waals surface area (Å²) in [4.78, 5) is 14.5. The van der Waals surface area contributed by atoms with Crippen LogP contribution in [-0.2, 0) is 0 Å². The SMILES string of the molecule is CCOc1ccc(-c2csc3nc(Cl)nc(N4CCN(c5ccc(F)cc5)CC4)c23)cc1. The van der Waals surface area contributed by atoms with Crippen molar-refractivity contribution in [1.82, 2.24) is 9.97 Å². The number of benzene rings is 2. The number of ether oxygens (including phenoxy) is 1. The number of piperazine rings is 1. The zero-order valence-corrected chi connectivity index (χ0v) is 19.2. The van der Waals surface area contributed by atoms with E-state index in [4.69, 9.17) is 16.3 Å². The Balaban J connectivity index is 1.45. The number of fused-ring (bicyclic) bond motifs is 1. The standard InChI is InChI=1S/C24H22ClFN4OS/c1-2-31-19-9-3-16(4-10-19)20-15-32-23-21(20)22(27-24(25)28-23)30-13-11-29(12-14-30)18-7-5-17(26)6-8-18/h3-10,15H,2,11-14H2,1H3. The van der Waals surface area contributed by atoms with Gasteiger partial charge in [0.1, 0.15) is 22.2 Å². The third-order valence-corrected chi connectivity index (χ3v) is 6.68. The predicted octanol–water partition coefficient (Wildman–Crippen LogP) is 5.88. The minimum Gasteiger partial charge on any atom is -0.494 e. The molecule has 5 rings (SSSR count). The number of hydrogen-bond acceptors (Lipinski definition) is 6. The molecule has 1 fully saturated rings. The fourth-order valence-corrected chi connectivity index (χ4v) is 5.22. The van der Waals surface area contributed by atoms with Crippen LogP contribution in [0.4, 0.5) is 15.9 Å². The van der Waals surface area contributed by atoms with Gasteiger partial charge in [-0.05, 0) is 60.5 Å². The lowest BCUT2D eigenvalue weighted by molar-refractivity contribution is 0.340. The molecule has 1 saturated heterocycles. The molecule has 32 heavy (non-hydrogen) atoms. The van der Waals surface area contributed by atoms with Gasteiger partial charge in [0.25, 0.3) is 0 Å². The highest BCUT2D eigenvalue weighted by molar-refractivity contribution is 7.17. The first-order chi connectivity index (χ1) is 15.6. The van der Waals surface area contributed by atoms with Crippen molar-refractivity contribution in [2.75, 3.05) is 42.6 Å². The van der Waals surface area contributed by atoms with Crippen LogP contribution in [-0.4, -0.2) is 42.8 Å². The Morgan fingerprint density at radius 2 is 1.66 bits per heavy atom. The van der Waals surface area contributed by atoms with Crippen LogP contribution in [0.1, 0.15) is 6.92 Å². The minimum absolute atomic E-state index is 0.218. The molecule has 3 heterocycles. The van der Waals surface area contributed by atoms with Crippen LogP contribution >= 0.6 is 22.9 Å². The lowest BCUT2D eigenvalue weighted by Crippen LogP contribution is -2.47. The number of thiophene rings is 1.